The number of β-lactam (4-membered cyclic amide) rings is 1. The summed E-state index contributed by atoms with van der Waals surface area (Å²) < 4.78 is 1.88. The Bertz CT molecular complexity index is 1220. The van der Waals surface area contributed by atoms with Crippen LogP contribution in [0.2, 0.25) is 0 Å². The third-order valence-electron chi connectivity index (χ3n) is 5.29. The van der Waals surface area contributed by atoms with Gasteiger partial charge in [-0.1, -0.05) is 23.1 Å². The van der Waals surface area contributed by atoms with Gasteiger partial charge in [0.05, 0.1) is 4.92 Å². The van der Waals surface area contributed by atoms with Crippen LogP contribution < -0.4 is 5.32 Å². The minimum absolute atomic E-state index is 0.0700. The number of amides is 2. The lowest BCUT2D eigenvalue weighted by molar-refractivity contribution is -0.385. The predicted octanol–water partition coefficient (Wildman–Crippen LogP) is 1.35. The lowest BCUT2D eigenvalue weighted by Gasteiger charge is -2.49. The van der Waals surface area contributed by atoms with Crippen molar-refractivity contribution in [2.45, 2.75) is 42.6 Å². The van der Waals surface area contributed by atoms with Gasteiger partial charge in [-0.05, 0) is 26.3 Å². The topological polar surface area (TPSA) is 173 Å². The molecule has 4 heterocycles. The number of aliphatic carboxylic acids is 1. The van der Waals surface area contributed by atoms with E-state index in [4.69, 9.17) is 0 Å². The van der Waals surface area contributed by atoms with Crippen LogP contribution in [0, 0.1) is 24.0 Å². The van der Waals surface area contributed by atoms with Gasteiger partial charge in [0.1, 0.15) is 40.1 Å². The van der Waals surface area contributed by atoms with E-state index in [0.29, 0.717) is 21.4 Å². The zero-order valence-electron chi connectivity index (χ0n) is 18.1. The molecule has 0 aliphatic carbocycles. The van der Waals surface area contributed by atoms with Gasteiger partial charge < -0.3 is 10.4 Å². The molecule has 3 unspecified atom stereocenters. The maximum Gasteiger partial charge on any atom is 0.352 e. The number of nitrogens with zero attached hydrogens (tertiary/aromatic N) is 6. The van der Waals surface area contributed by atoms with Crippen molar-refractivity contribution in [3.63, 3.8) is 0 Å². The summed E-state index contributed by atoms with van der Waals surface area (Å²) in [6, 6.07) is -1.80. The third-order valence-corrected chi connectivity index (χ3v) is 8.69. The number of aryl methyl sites for hydroxylation is 2. The molecule has 0 saturated carbocycles. The Balaban J connectivity index is 1.45. The van der Waals surface area contributed by atoms with Crippen LogP contribution in [0.3, 0.4) is 0 Å². The first-order chi connectivity index (χ1) is 16.1. The Morgan fingerprint density at radius 2 is 2.15 bits per heavy atom. The maximum atomic E-state index is 12.8. The van der Waals surface area contributed by atoms with Gasteiger partial charge in [-0.3, -0.25) is 29.3 Å². The first-order valence-corrected chi connectivity index (χ1v) is 12.8. The van der Waals surface area contributed by atoms with Crippen LogP contribution in [0.15, 0.2) is 21.8 Å². The van der Waals surface area contributed by atoms with Crippen LogP contribution in [-0.4, -0.2) is 75.6 Å². The molecule has 0 spiro atoms. The average molecular weight is 526 g/mol. The Morgan fingerprint density at radius 1 is 1.41 bits per heavy atom. The number of nitrogens with one attached hydrogen (secondary N) is 1. The van der Waals surface area contributed by atoms with Gasteiger partial charge in [0.2, 0.25) is 5.91 Å². The summed E-state index contributed by atoms with van der Waals surface area (Å²) in [6.45, 7) is 4.80. The molecule has 13 nitrogen and oxygen atoms in total. The maximum absolute atomic E-state index is 12.8. The van der Waals surface area contributed by atoms with E-state index in [2.05, 4.69) is 20.6 Å². The van der Waals surface area contributed by atoms with Crippen LogP contribution >= 0.6 is 34.9 Å². The number of rotatable bonds is 8. The van der Waals surface area contributed by atoms with Gasteiger partial charge in [0.15, 0.2) is 4.34 Å². The summed E-state index contributed by atoms with van der Waals surface area (Å²) in [5.41, 5.74) is 0.485. The molecular formula is C18H19N7O6S3. The smallest absolute Gasteiger partial charge is 0.352 e. The van der Waals surface area contributed by atoms with Crippen molar-refractivity contribution in [1.29, 1.82) is 0 Å². The van der Waals surface area contributed by atoms with E-state index in [1.54, 1.807) is 0 Å². The molecule has 2 amide bonds. The van der Waals surface area contributed by atoms with Gasteiger partial charge in [0.25, 0.3) is 5.91 Å². The van der Waals surface area contributed by atoms with Crippen LogP contribution in [0.1, 0.15) is 23.7 Å². The summed E-state index contributed by atoms with van der Waals surface area (Å²) in [7, 11) is 0. The Labute approximate surface area is 205 Å². The van der Waals surface area contributed by atoms with E-state index in [-0.39, 0.29) is 17.1 Å². The molecule has 34 heavy (non-hydrogen) atoms. The number of carbonyl (C=O) groups excluding carboxylic acids is 2. The first-order valence-electron chi connectivity index (χ1n) is 9.92. The Morgan fingerprint density at radius 3 is 2.74 bits per heavy atom. The van der Waals surface area contributed by atoms with Crippen LogP contribution in [-0.2, 0) is 14.4 Å². The highest BCUT2D eigenvalue weighted by molar-refractivity contribution is 8.01. The van der Waals surface area contributed by atoms with Crippen molar-refractivity contribution in [2.24, 2.45) is 0 Å². The van der Waals surface area contributed by atoms with Gasteiger partial charge in [0, 0.05) is 11.5 Å². The number of aromatic nitrogens is 4. The van der Waals surface area contributed by atoms with E-state index < -0.39 is 40.2 Å². The van der Waals surface area contributed by atoms with Crippen molar-refractivity contribution < 1.29 is 24.4 Å². The zero-order valence-corrected chi connectivity index (χ0v) is 20.6. The van der Waals surface area contributed by atoms with Crippen LogP contribution in [0.25, 0.3) is 0 Å². The van der Waals surface area contributed by atoms with Gasteiger partial charge in [-0.25, -0.2) is 4.79 Å². The van der Waals surface area contributed by atoms with Crippen molar-refractivity contribution >= 4 is 58.3 Å². The van der Waals surface area contributed by atoms with Gasteiger partial charge in [-0.2, -0.15) is 5.10 Å². The molecule has 0 bridgehead atoms. The zero-order chi connectivity index (χ0) is 24.7. The number of carboxylic acid groups (broad SMARTS) is 1. The van der Waals surface area contributed by atoms with Crippen LogP contribution in [0.4, 0.5) is 5.69 Å². The highest BCUT2D eigenvalue weighted by atomic mass is 32.2. The second-order valence-electron chi connectivity index (χ2n) is 7.54. The van der Waals surface area contributed by atoms with E-state index in [1.165, 1.54) is 64.5 Å². The van der Waals surface area contributed by atoms with Crippen molar-refractivity contribution in [3.8, 4) is 0 Å². The quantitative estimate of drug-likeness (QED) is 0.220. The highest BCUT2D eigenvalue weighted by Gasteiger charge is 2.54. The summed E-state index contributed by atoms with van der Waals surface area (Å²) in [5, 5.41) is 35.7. The molecule has 0 aromatic carbocycles. The standard InChI is InChI=1S/C18H19N7O6S3/c1-7-11(25(30)31)4-23(22-7)8(2)14(26)19-12-15(27)24-13(17(28)29)10(5-32-16(12)24)6-33-18-21-20-9(3)34-18/h4,8,12,16H,5-6H2,1-3H3,(H,19,26)(H,28,29). The molecule has 2 N–H and O–H groups in total. The van der Waals surface area contributed by atoms with E-state index in [9.17, 15) is 29.6 Å². The first kappa shape index (κ1) is 24.2. The van der Waals surface area contributed by atoms with E-state index >= 15 is 0 Å². The van der Waals surface area contributed by atoms with Crippen molar-refractivity contribution in [3.05, 3.63) is 38.3 Å². The Hall–Kier alpha value is -2.98. The second-order valence-corrected chi connectivity index (χ2v) is 11.1. The van der Waals surface area contributed by atoms with E-state index in [1.807, 2.05) is 6.92 Å². The number of fused-ring (bicyclic) bond motifs is 1. The lowest BCUT2D eigenvalue weighted by atomic mass is 10.0. The molecule has 2 aliphatic heterocycles. The average Bonchev–Trinajstić information content (AvgIpc) is 3.39. The molecule has 1 saturated heterocycles. The van der Waals surface area contributed by atoms with Gasteiger partial charge >= 0.3 is 11.7 Å². The largest absolute Gasteiger partial charge is 0.477 e. The van der Waals surface area contributed by atoms with Crippen LogP contribution in [0.5, 0.6) is 0 Å². The molecule has 2 aromatic rings. The molecule has 0 radical (unpaired) electrons. The molecule has 3 atom stereocenters. The third kappa shape index (κ3) is 4.39. The number of hydrogen-bond acceptors (Lipinski definition) is 11. The number of hydrogen-bond donors (Lipinski definition) is 2. The second kappa shape index (κ2) is 9.34. The lowest BCUT2D eigenvalue weighted by Crippen LogP contribution is -2.71. The molecule has 16 heteroatoms. The fraction of sp³-hybridized carbons (Fsp3) is 0.444. The predicted molar refractivity (Wildman–Crippen MR) is 123 cm³/mol. The summed E-state index contributed by atoms with van der Waals surface area (Å²) >= 11 is 4.13. The fourth-order valence-corrected chi connectivity index (χ4v) is 6.82. The fourth-order valence-electron chi connectivity index (χ4n) is 3.52. The number of thioether (sulfide) groups is 2. The summed E-state index contributed by atoms with van der Waals surface area (Å²) in [5.74, 6) is -1.55. The summed E-state index contributed by atoms with van der Waals surface area (Å²) in [4.78, 5) is 49.2. The SMILES string of the molecule is Cc1nnc(SCC2=C(C(=O)O)N3C(=O)C(NC(=O)C(C)n4cc([N+](=O)[O-])c(C)n4)C3SC2)s1. The molecule has 1 fully saturated rings. The summed E-state index contributed by atoms with van der Waals surface area (Å²) in [6.07, 6.45) is 1.17. The monoisotopic (exact) mass is 525 g/mol. The minimum atomic E-state index is -1.21. The minimum Gasteiger partial charge on any atom is -0.477 e. The Kier molecular flexibility index (Phi) is 6.64. The van der Waals surface area contributed by atoms with Crippen molar-refractivity contribution in [2.75, 3.05) is 11.5 Å². The number of carboxylic acids is 1. The number of nitro groups is 1. The normalized spacial score (nSPS) is 20.6. The molecule has 180 valence electrons. The van der Waals surface area contributed by atoms with Crippen molar-refractivity contribution in [1.82, 2.24) is 30.2 Å². The molecular weight excluding hydrogens is 506 g/mol. The van der Waals surface area contributed by atoms with E-state index in [0.717, 1.165) is 5.01 Å². The highest BCUT2D eigenvalue weighted by Crippen LogP contribution is 2.42. The molecule has 4 rings (SSSR count). The molecule has 2 aromatic heterocycles. The number of carbonyl (C=O) groups is 3. The van der Waals surface area contributed by atoms with Gasteiger partial charge in [-0.15, -0.1) is 22.0 Å². The molecule has 2 aliphatic rings.